The quantitative estimate of drug-likeness (QED) is 0.592. The summed E-state index contributed by atoms with van der Waals surface area (Å²) in [5, 5.41) is 0.892. The van der Waals surface area contributed by atoms with Gasteiger partial charge in [-0.2, -0.15) is 0 Å². The molecular weight excluding hydrogens is 240 g/mol. The Morgan fingerprint density at radius 2 is 2.00 bits per heavy atom. The van der Waals surface area contributed by atoms with Crippen molar-refractivity contribution < 1.29 is 4.79 Å². The van der Waals surface area contributed by atoms with Gasteiger partial charge in [-0.25, -0.2) is 0 Å². The number of halogens is 1. The van der Waals surface area contributed by atoms with Crippen LogP contribution in [0.2, 0.25) is 0 Å². The van der Waals surface area contributed by atoms with E-state index in [2.05, 4.69) is 22.9 Å². The Hall–Kier alpha value is -0.630. The number of alkyl halides is 1. The third-order valence-electron chi connectivity index (χ3n) is 2.37. The monoisotopic (exact) mass is 254 g/mol. The van der Waals surface area contributed by atoms with Crippen LogP contribution < -0.4 is 0 Å². The average Bonchev–Trinajstić information content (AvgIpc) is 2.18. The van der Waals surface area contributed by atoms with Crippen LogP contribution in [0.3, 0.4) is 0 Å². The van der Waals surface area contributed by atoms with E-state index in [-0.39, 0.29) is 5.78 Å². The summed E-state index contributed by atoms with van der Waals surface area (Å²) in [4.78, 5) is 11.6. The average molecular weight is 255 g/mol. The molecule has 1 aromatic carbocycles. The summed E-state index contributed by atoms with van der Waals surface area (Å²) in [7, 11) is 0. The Morgan fingerprint density at radius 1 is 1.29 bits per heavy atom. The number of Topliss-reactive ketones (excluding diaryl/α,β-unsaturated/α-hetero) is 1. The second kappa shape index (κ2) is 5.30. The highest BCUT2D eigenvalue weighted by molar-refractivity contribution is 9.09. The maximum atomic E-state index is 11.6. The molecule has 0 atom stereocenters. The molecule has 1 rings (SSSR count). The zero-order valence-corrected chi connectivity index (χ0v) is 10.2. The minimum atomic E-state index is 0.243. The highest BCUT2D eigenvalue weighted by Crippen LogP contribution is 2.12. The smallest absolute Gasteiger partial charge is 0.162 e. The van der Waals surface area contributed by atoms with Gasteiger partial charge in [0.25, 0.3) is 0 Å². The SMILES string of the molecule is Cc1ccc(C(=O)CCCBr)cc1C. The van der Waals surface area contributed by atoms with Crippen LogP contribution in [0.15, 0.2) is 18.2 Å². The number of carbonyl (C=O) groups is 1. The van der Waals surface area contributed by atoms with E-state index >= 15 is 0 Å². The summed E-state index contributed by atoms with van der Waals surface area (Å²) < 4.78 is 0. The number of ketones is 1. The van der Waals surface area contributed by atoms with Crippen molar-refractivity contribution in [3.05, 3.63) is 34.9 Å². The van der Waals surface area contributed by atoms with Crippen LogP contribution in [0.4, 0.5) is 0 Å². The lowest BCUT2D eigenvalue weighted by molar-refractivity contribution is 0.0982. The molecule has 0 aliphatic rings. The molecule has 0 aromatic heterocycles. The number of aryl methyl sites for hydroxylation is 2. The molecule has 0 amide bonds. The first-order chi connectivity index (χ1) is 6.65. The van der Waals surface area contributed by atoms with Crippen molar-refractivity contribution in [2.75, 3.05) is 5.33 Å². The zero-order valence-electron chi connectivity index (χ0n) is 8.64. The van der Waals surface area contributed by atoms with Crippen LogP contribution in [0.5, 0.6) is 0 Å². The van der Waals surface area contributed by atoms with Crippen molar-refractivity contribution >= 4 is 21.7 Å². The number of rotatable bonds is 4. The Morgan fingerprint density at radius 3 is 2.57 bits per heavy atom. The lowest BCUT2D eigenvalue weighted by Gasteiger charge is -2.03. The zero-order chi connectivity index (χ0) is 10.6. The molecule has 0 aliphatic carbocycles. The molecule has 0 heterocycles. The van der Waals surface area contributed by atoms with Crippen LogP contribution in [0, 0.1) is 13.8 Å². The van der Waals surface area contributed by atoms with E-state index in [1.807, 2.05) is 25.1 Å². The van der Waals surface area contributed by atoms with Gasteiger partial charge in [0.2, 0.25) is 0 Å². The molecule has 0 aliphatic heterocycles. The molecule has 0 saturated heterocycles. The maximum absolute atomic E-state index is 11.6. The second-order valence-electron chi connectivity index (χ2n) is 3.51. The molecule has 0 bridgehead atoms. The molecule has 14 heavy (non-hydrogen) atoms. The van der Waals surface area contributed by atoms with Gasteiger partial charge in [0.05, 0.1) is 0 Å². The standard InChI is InChI=1S/C12H15BrO/c1-9-5-6-11(8-10(9)2)12(14)4-3-7-13/h5-6,8H,3-4,7H2,1-2H3. The molecule has 0 N–H and O–H groups in total. The topological polar surface area (TPSA) is 17.1 Å². The largest absolute Gasteiger partial charge is 0.294 e. The number of benzene rings is 1. The molecule has 76 valence electrons. The van der Waals surface area contributed by atoms with Crippen molar-refractivity contribution in [2.45, 2.75) is 26.7 Å². The summed E-state index contributed by atoms with van der Waals surface area (Å²) in [6, 6.07) is 5.90. The van der Waals surface area contributed by atoms with E-state index in [1.165, 1.54) is 11.1 Å². The number of hydrogen-bond donors (Lipinski definition) is 0. The van der Waals surface area contributed by atoms with Gasteiger partial charge in [0.1, 0.15) is 0 Å². The molecule has 0 saturated carbocycles. The third kappa shape index (κ3) is 2.95. The van der Waals surface area contributed by atoms with E-state index in [9.17, 15) is 4.79 Å². The summed E-state index contributed by atoms with van der Waals surface area (Å²) in [6.07, 6.45) is 1.54. The fourth-order valence-corrected chi connectivity index (χ4v) is 1.57. The summed E-state index contributed by atoms with van der Waals surface area (Å²) in [5.74, 6) is 0.243. The van der Waals surface area contributed by atoms with E-state index in [4.69, 9.17) is 0 Å². The van der Waals surface area contributed by atoms with Crippen LogP contribution in [-0.2, 0) is 0 Å². The summed E-state index contributed by atoms with van der Waals surface area (Å²) in [6.45, 7) is 4.10. The van der Waals surface area contributed by atoms with Gasteiger partial charge < -0.3 is 0 Å². The van der Waals surface area contributed by atoms with Crippen molar-refractivity contribution in [1.29, 1.82) is 0 Å². The highest BCUT2D eigenvalue weighted by Gasteiger charge is 2.05. The fourth-order valence-electron chi connectivity index (χ4n) is 1.29. The maximum Gasteiger partial charge on any atom is 0.162 e. The van der Waals surface area contributed by atoms with Crippen LogP contribution in [0.1, 0.15) is 34.3 Å². The van der Waals surface area contributed by atoms with Gasteiger partial charge in [0.15, 0.2) is 5.78 Å². The van der Waals surface area contributed by atoms with Crippen LogP contribution in [-0.4, -0.2) is 11.1 Å². The molecule has 0 spiro atoms. The lowest BCUT2D eigenvalue weighted by atomic mass is 10.0. The van der Waals surface area contributed by atoms with Crippen LogP contribution >= 0.6 is 15.9 Å². The molecular formula is C12H15BrO. The minimum absolute atomic E-state index is 0.243. The normalized spacial score (nSPS) is 10.2. The van der Waals surface area contributed by atoms with Gasteiger partial charge >= 0.3 is 0 Å². The van der Waals surface area contributed by atoms with E-state index in [0.29, 0.717) is 6.42 Å². The summed E-state index contributed by atoms with van der Waals surface area (Å²) >= 11 is 3.32. The van der Waals surface area contributed by atoms with Gasteiger partial charge in [-0.3, -0.25) is 4.79 Å². The molecule has 0 unspecified atom stereocenters. The Balaban J connectivity index is 2.76. The summed E-state index contributed by atoms with van der Waals surface area (Å²) in [5.41, 5.74) is 3.27. The van der Waals surface area contributed by atoms with Crippen LogP contribution in [0.25, 0.3) is 0 Å². The van der Waals surface area contributed by atoms with Crippen molar-refractivity contribution in [2.24, 2.45) is 0 Å². The second-order valence-corrected chi connectivity index (χ2v) is 4.31. The van der Waals surface area contributed by atoms with E-state index in [0.717, 1.165) is 17.3 Å². The van der Waals surface area contributed by atoms with Crippen molar-refractivity contribution in [3.8, 4) is 0 Å². The molecule has 1 aromatic rings. The van der Waals surface area contributed by atoms with Gasteiger partial charge in [-0.05, 0) is 37.5 Å². The van der Waals surface area contributed by atoms with Gasteiger partial charge in [0, 0.05) is 17.3 Å². The third-order valence-corrected chi connectivity index (χ3v) is 2.93. The predicted octanol–water partition coefficient (Wildman–Crippen LogP) is 3.66. The molecule has 1 nitrogen and oxygen atoms in total. The van der Waals surface area contributed by atoms with Gasteiger partial charge in [-0.1, -0.05) is 28.1 Å². The van der Waals surface area contributed by atoms with Crippen molar-refractivity contribution in [3.63, 3.8) is 0 Å². The van der Waals surface area contributed by atoms with Gasteiger partial charge in [-0.15, -0.1) is 0 Å². The predicted molar refractivity (Wildman–Crippen MR) is 63.3 cm³/mol. The first-order valence-electron chi connectivity index (χ1n) is 4.81. The first kappa shape index (κ1) is 11.4. The molecule has 0 fully saturated rings. The van der Waals surface area contributed by atoms with E-state index < -0.39 is 0 Å². The molecule has 2 heteroatoms. The Labute approximate surface area is 93.7 Å². The fraction of sp³-hybridized carbons (Fsp3) is 0.417. The molecule has 0 radical (unpaired) electrons. The Kier molecular flexibility index (Phi) is 4.33. The minimum Gasteiger partial charge on any atom is -0.294 e. The first-order valence-corrected chi connectivity index (χ1v) is 5.93. The van der Waals surface area contributed by atoms with E-state index in [1.54, 1.807) is 0 Å². The number of carbonyl (C=O) groups excluding carboxylic acids is 1. The lowest BCUT2D eigenvalue weighted by Crippen LogP contribution is -2.00. The Bertz CT molecular complexity index is 331. The highest BCUT2D eigenvalue weighted by atomic mass is 79.9. The van der Waals surface area contributed by atoms with Crippen molar-refractivity contribution in [1.82, 2.24) is 0 Å². The number of hydrogen-bond acceptors (Lipinski definition) is 1.